The molecule has 2 aliphatic rings. The summed E-state index contributed by atoms with van der Waals surface area (Å²) < 4.78 is 0. The topological polar surface area (TPSA) is 37.3 Å². The Morgan fingerprint density at radius 2 is 1.93 bits per heavy atom. The van der Waals surface area contributed by atoms with Crippen LogP contribution in [0.25, 0.3) is 0 Å². The lowest BCUT2D eigenvalue weighted by atomic mass is 9.59. The van der Waals surface area contributed by atoms with Gasteiger partial charge in [-0.05, 0) is 31.6 Å². The minimum atomic E-state index is -0.972. The zero-order valence-corrected chi connectivity index (χ0v) is 9.18. The third-order valence-electron chi connectivity index (χ3n) is 4.16. The predicted molar refractivity (Wildman–Crippen MR) is 54.9 cm³/mol. The third-order valence-corrected chi connectivity index (χ3v) is 4.16. The zero-order chi connectivity index (χ0) is 10.4. The first-order valence-electron chi connectivity index (χ1n) is 5.74. The highest BCUT2D eigenvalue weighted by atomic mass is 16.3. The Morgan fingerprint density at radius 3 is 2.64 bits per heavy atom. The number of hydrogen-bond donors (Lipinski definition) is 1. The molecule has 0 heterocycles. The first-order chi connectivity index (χ1) is 6.47. The number of fused-ring (bicyclic) bond motifs is 1. The standard InChI is InChI=1S/C12H20O2/c1-11(2)8-6-9-5-3-4-7-12(9,14)10(11)13/h9,14H,3-8H2,1-2H3. The zero-order valence-electron chi connectivity index (χ0n) is 9.18. The van der Waals surface area contributed by atoms with E-state index in [9.17, 15) is 9.90 Å². The maximum absolute atomic E-state index is 12.2. The fourth-order valence-electron chi connectivity index (χ4n) is 3.14. The molecule has 0 aromatic rings. The maximum Gasteiger partial charge on any atom is 0.170 e. The van der Waals surface area contributed by atoms with Gasteiger partial charge >= 0.3 is 0 Å². The molecule has 2 heteroatoms. The summed E-state index contributed by atoms with van der Waals surface area (Å²) in [6, 6.07) is 0. The fraction of sp³-hybridized carbons (Fsp3) is 0.917. The number of aliphatic hydroxyl groups is 1. The van der Waals surface area contributed by atoms with Crippen molar-refractivity contribution >= 4 is 5.78 Å². The highest BCUT2D eigenvalue weighted by molar-refractivity contribution is 5.93. The molecule has 2 aliphatic carbocycles. The van der Waals surface area contributed by atoms with Gasteiger partial charge in [-0.3, -0.25) is 4.79 Å². The molecular weight excluding hydrogens is 176 g/mol. The largest absolute Gasteiger partial charge is 0.382 e. The normalized spacial score (nSPS) is 41.9. The molecule has 0 aliphatic heterocycles. The second-order valence-electron chi connectivity index (χ2n) is 5.62. The molecule has 0 saturated heterocycles. The molecule has 14 heavy (non-hydrogen) atoms. The Kier molecular flexibility index (Phi) is 2.22. The Labute approximate surface area is 85.7 Å². The quantitative estimate of drug-likeness (QED) is 0.645. The van der Waals surface area contributed by atoms with Crippen LogP contribution in [0, 0.1) is 11.3 Å². The Morgan fingerprint density at radius 1 is 1.21 bits per heavy atom. The molecule has 0 aromatic carbocycles. The van der Waals surface area contributed by atoms with Gasteiger partial charge in [0.2, 0.25) is 0 Å². The van der Waals surface area contributed by atoms with E-state index in [1.54, 1.807) is 0 Å². The van der Waals surface area contributed by atoms with E-state index in [1.165, 1.54) is 6.42 Å². The number of Topliss-reactive ketones (excluding diaryl/α,β-unsaturated/α-hetero) is 1. The molecule has 2 fully saturated rings. The van der Waals surface area contributed by atoms with Crippen LogP contribution in [-0.2, 0) is 4.79 Å². The summed E-state index contributed by atoms with van der Waals surface area (Å²) in [7, 11) is 0. The van der Waals surface area contributed by atoms with E-state index in [1.807, 2.05) is 13.8 Å². The van der Waals surface area contributed by atoms with E-state index in [0.717, 1.165) is 25.7 Å². The van der Waals surface area contributed by atoms with Gasteiger partial charge in [-0.15, -0.1) is 0 Å². The van der Waals surface area contributed by atoms with Gasteiger partial charge in [-0.25, -0.2) is 0 Å². The Bertz CT molecular complexity index is 257. The first-order valence-corrected chi connectivity index (χ1v) is 5.74. The van der Waals surface area contributed by atoms with E-state index < -0.39 is 5.60 Å². The molecule has 2 nitrogen and oxygen atoms in total. The SMILES string of the molecule is CC1(C)CCC2CCCCC2(O)C1=O. The lowest BCUT2D eigenvalue weighted by Gasteiger charge is -2.47. The molecule has 0 spiro atoms. The molecule has 2 unspecified atom stereocenters. The van der Waals surface area contributed by atoms with Crippen molar-refractivity contribution < 1.29 is 9.90 Å². The van der Waals surface area contributed by atoms with Crippen molar-refractivity contribution in [1.29, 1.82) is 0 Å². The first kappa shape index (κ1) is 10.2. The molecule has 0 amide bonds. The van der Waals surface area contributed by atoms with E-state index in [0.29, 0.717) is 6.42 Å². The molecular formula is C12H20O2. The second-order valence-corrected chi connectivity index (χ2v) is 5.62. The van der Waals surface area contributed by atoms with Crippen molar-refractivity contribution in [2.75, 3.05) is 0 Å². The lowest BCUT2D eigenvalue weighted by Crippen LogP contribution is -2.56. The van der Waals surface area contributed by atoms with Crippen molar-refractivity contribution in [3.8, 4) is 0 Å². The monoisotopic (exact) mass is 196 g/mol. The van der Waals surface area contributed by atoms with Gasteiger partial charge in [0.15, 0.2) is 5.78 Å². The summed E-state index contributed by atoms with van der Waals surface area (Å²) in [6.45, 7) is 3.94. The van der Waals surface area contributed by atoms with Crippen LogP contribution in [-0.4, -0.2) is 16.5 Å². The van der Waals surface area contributed by atoms with Gasteiger partial charge in [-0.2, -0.15) is 0 Å². The maximum atomic E-state index is 12.2. The lowest BCUT2D eigenvalue weighted by molar-refractivity contribution is -0.165. The summed E-state index contributed by atoms with van der Waals surface area (Å²) in [5, 5.41) is 10.4. The minimum Gasteiger partial charge on any atom is -0.382 e. The van der Waals surface area contributed by atoms with E-state index in [-0.39, 0.29) is 17.1 Å². The van der Waals surface area contributed by atoms with Gasteiger partial charge < -0.3 is 5.11 Å². The summed E-state index contributed by atoms with van der Waals surface area (Å²) in [6.07, 6.45) is 5.89. The average Bonchev–Trinajstić information content (AvgIpc) is 2.14. The van der Waals surface area contributed by atoms with Crippen LogP contribution in [0.4, 0.5) is 0 Å². The molecule has 2 atom stereocenters. The number of rotatable bonds is 0. The number of hydrogen-bond acceptors (Lipinski definition) is 2. The van der Waals surface area contributed by atoms with E-state index in [2.05, 4.69) is 0 Å². The van der Waals surface area contributed by atoms with Gasteiger partial charge in [0.25, 0.3) is 0 Å². The van der Waals surface area contributed by atoms with Crippen LogP contribution >= 0.6 is 0 Å². The highest BCUT2D eigenvalue weighted by Crippen LogP contribution is 2.47. The van der Waals surface area contributed by atoms with Crippen molar-refractivity contribution in [2.24, 2.45) is 11.3 Å². The molecule has 0 aromatic heterocycles. The van der Waals surface area contributed by atoms with Crippen LogP contribution in [0.5, 0.6) is 0 Å². The fourth-order valence-corrected chi connectivity index (χ4v) is 3.14. The van der Waals surface area contributed by atoms with Gasteiger partial charge in [-0.1, -0.05) is 26.7 Å². The number of ketones is 1. The predicted octanol–water partition coefficient (Wildman–Crippen LogP) is 2.30. The van der Waals surface area contributed by atoms with Crippen LogP contribution < -0.4 is 0 Å². The Hall–Kier alpha value is -0.370. The summed E-state index contributed by atoms with van der Waals surface area (Å²) >= 11 is 0. The molecule has 2 saturated carbocycles. The van der Waals surface area contributed by atoms with E-state index >= 15 is 0 Å². The number of carbonyl (C=O) groups is 1. The molecule has 1 N–H and O–H groups in total. The third kappa shape index (κ3) is 1.31. The smallest absolute Gasteiger partial charge is 0.170 e. The van der Waals surface area contributed by atoms with Gasteiger partial charge in [0.05, 0.1) is 0 Å². The molecule has 80 valence electrons. The summed E-state index contributed by atoms with van der Waals surface area (Å²) in [5.74, 6) is 0.345. The van der Waals surface area contributed by atoms with Crippen LogP contribution in [0.15, 0.2) is 0 Å². The van der Waals surface area contributed by atoms with Crippen LogP contribution in [0.2, 0.25) is 0 Å². The summed E-state index contributed by atoms with van der Waals surface area (Å²) in [4.78, 5) is 12.2. The van der Waals surface area contributed by atoms with Crippen LogP contribution in [0.1, 0.15) is 52.4 Å². The average molecular weight is 196 g/mol. The van der Waals surface area contributed by atoms with Crippen molar-refractivity contribution in [3.05, 3.63) is 0 Å². The minimum absolute atomic E-state index is 0.0981. The van der Waals surface area contributed by atoms with E-state index in [4.69, 9.17) is 0 Å². The molecule has 2 rings (SSSR count). The second kappa shape index (κ2) is 3.06. The summed E-state index contributed by atoms with van der Waals surface area (Å²) in [5.41, 5.74) is -1.28. The highest BCUT2D eigenvalue weighted by Gasteiger charge is 2.53. The van der Waals surface area contributed by atoms with Crippen molar-refractivity contribution in [1.82, 2.24) is 0 Å². The molecule has 0 bridgehead atoms. The number of carbonyl (C=O) groups excluding carboxylic acids is 1. The van der Waals surface area contributed by atoms with Crippen molar-refractivity contribution in [2.45, 2.75) is 58.0 Å². The van der Waals surface area contributed by atoms with Gasteiger partial charge in [0.1, 0.15) is 5.60 Å². The van der Waals surface area contributed by atoms with Gasteiger partial charge in [0, 0.05) is 5.41 Å². The van der Waals surface area contributed by atoms with Crippen molar-refractivity contribution in [3.63, 3.8) is 0 Å². The van der Waals surface area contributed by atoms with Crippen LogP contribution in [0.3, 0.4) is 0 Å². The Balaban J connectivity index is 2.28. The molecule has 0 radical (unpaired) electrons.